The van der Waals surface area contributed by atoms with Gasteiger partial charge in [0.05, 0.1) is 26.0 Å². The van der Waals surface area contributed by atoms with Crippen molar-refractivity contribution in [1.29, 1.82) is 0 Å². The fourth-order valence-corrected chi connectivity index (χ4v) is 3.62. The first-order chi connectivity index (χ1) is 15.5. The Balaban J connectivity index is 1.90. The van der Waals surface area contributed by atoms with E-state index in [0.29, 0.717) is 18.7 Å². The molecule has 3 rings (SSSR count). The van der Waals surface area contributed by atoms with E-state index in [1.165, 1.54) is 9.91 Å². The zero-order valence-electron chi connectivity index (χ0n) is 19.0. The molecule has 0 radical (unpaired) electrons. The second kappa shape index (κ2) is 10.7. The van der Waals surface area contributed by atoms with Crippen molar-refractivity contribution >= 4 is 17.6 Å². The smallest absolute Gasteiger partial charge is 0.317 e. The van der Waals surface area contributed by atoms with Crippen molar-refractivity contribution in [2.24, 2.45) is 5.10 Å². The number of carbonyl (C=O) groups excluding carboxylic acids is 2. The third-order valence-corrected chi connectivity index (χ3v) is 5.31. The average molecular weight is 439 g/mol. The highest BCUT2D eigenvalue weighted by Crippen LogP contribution is 2.37. The Kier molecular flexibility index (Phi) is 7.70. The molecule has 1 heterocycles. The van der Waals surface area contributed by atoms with Crippen molar-refractivity contribution in [1.82, 2.24) is 15.2 Å². The second-order valence-electron chi connectivity index (χ2n) is 7.57. The highest BCUT2D eigenvalue weighted by atomic mass is 16.5. The van der Waals surface area contributed by atoms with Gasteiger partial charge in [-0.05, 0) is 24.6 Å². The van der Waals surface area contributed by atoms with E-state index in [1.54, 1.807) is 21.3 Å². The molecule has 1 unspecified atom stereocenters. The Morgan fingerprint density at radius 1 is 1.16 bits per heavy atom. The molecule has 1 aliphatic heterocycles. The fourth-order valence-electron chi connectivity index (χ4n) is 3.62. The number of amides is 3. The molecular weight excluding hydrogens is 408 g/mol. The molecule has 0 aliphatic carbocycles. The van der Waals surface area contributed by atoms with E-state index in [2.05, 4.69) is 10.4 Å². The summed E-state index contributed by atoms with van der Waals surface area (Å²) in [6.07, 6.45) is 1.34. The van der Waals surface area contributed by atoms with Crippen LogP contribution in [0.5, 0.6) is 11.5 Å². The van der Waals surface area contributed by atoms with E-state index in [1.807, 2.05) is 55.5 Å². The molecule has 0 fully saturated rings. The third-order valence-electron chi connectivity index (χ3n) is 5.31. The molecule has 8 nitrogen and oxygen atoms in total. The Labute approximate surface area is 188 Å². The van der Waals surface area contributed by atoms with Crippen LogP contribution in [0, 0.1) is 0 Å². The zero-order valence-corrected chi connectivity index (χ0v) is 19.0. The van der Waals surface area contributed by atoms with Gasteiger partial charge >= 0.3 is 6.03 Å². The maximum Gasteiger partial charge on any atom is 0.317 e. The fraction of sp³-hybridized carbons (Fsp3) is 0.375. The minimum Gasteiger partial charge on any atom is -0.497 e. The molecule has 32 heavy (non-hydrogen) atoms. The number of hydrogen-bond acceptors (Lipinski definition) is 5. The summed E-state index contributed by atoms with van der Waals surface area (Å²) in [7, 11) is 4.82. The van der Waals surface area contributed by atoms with Crippen LogP contribution >= 0.6 is 0 Å². The quantitative estimate of drug-likeness (QED) is 0.684. The van der Waals surface area contributed by atoms with E-state index in [4.69, 9.17) is 9.47 Å². The van der Waals surface area contributed by atoms with Gasteiger partial charge in [-0.2, -0.15) is 5.10 Å². The normalized spacial score (nSPS) is 15.2. The number of nitrogens with zero attached hydrogens (tertiary/aromatic N) is 3. The molecule has 1 atom stereocenters. The average Bonchev–Trinajstić information content (AvgIpc) is 3.28. The molecule has 0 spiro atoms. The van der Waals surface area contributed by atoms with Crippen LogP contribution in [0.3, 0.4) is 0 Å². The van der Waals surface area contributed by atoms with E-state index in [-0.39, 0.29) is 24.5 Å². The summed E-state index contributed by atoms with van der Waals surface area (Å²) in [5.41, 5.74) is 2.52. The Morgan fingerprint density at radius 2 is 1.94 bits per heavy atom. The van der Waals surface area contributed by atoms with Crippen LogP contribution in [0.4, 0.5) is 4.79 Å². The summed E-state index contributed by atoms with van der Waals surface area (Å²) >= 11 is 0. The van der Waals surface area contributed by atoms with Gasteiger partial charge in [-0.25, -0.2) is 9.80 Å². The number of benzene rings is 2. The molecule has 0 saturated heterocycles. The predicted octanol–water partition coefficient (Wildman–Crippen LogP) is 3.43. The van der Waals surface area contributed by atoms with Crippen LogP contribution in [0.1, 0.15) is 36.9 Å². The number of para-hydroxylation sites is 1. The van der Waals surface area contributed by atoms with E-state index >= 15 is 0 Å². The van der Waals surface area contributed by atoms with E-state index in [9.17, 15) is 9.59 Å². The lowest BCUT2D eigenvalue weighted by molar-refractivity contribution is -0.133. The number of hydrazone groups is 1. The van der Waals surface area contributed by atoms with Gasteiger partial charge in [0.25, 0.3) is 5.91 Å². The van der Waals surface area contributed by atoms with Crippen LogP contribution in [-0.4, -0.2) is 61.9 Å². The molecule has 1 N–H and O–H groups in total. The summed E-state index contributed by atoms with van der Waals surface area (Å²) in [6, 6.07) is 14.6. The first-order valence-electron chi connectivity index (χ1n) is 10.6. The number of urea groups is 1. The minimum atomic E-state index is -0.341. The number of carbonyl (C=O) groups is 2. The second-order valence-corrected chi connectivity index (χ2v) is 7.57. The molecule has 0 aromatic heterocycles. The van der Waals surface area contributed by atoms with E-state index < -0.39 is 0 Å². The zero-order chi connectivity index (χ0) is 23.1. The lowest BCUT2D eigenvalue weighted by atomic mass is 9.97. The summed E-state index contributed by atoms with van der Waals surface area (Å²) in [5.74, 6) is 1.13. The van der Waals surface area contributed by atoms with E-state index in [0.717, 1.165) is 29.0 Å². The van der Waals surface area contributed by atoms with Crippen LogP contribution in [-0.2, 0) is 4.79 Å². The van der Waals surface area contributed by atoms with Crippen LogP contribution < -0.4 is 14.8 Å². The van der Waals surface area contributed by atoms with Gasteiger partial charge in [-0.3, -0.25) is 4.79 Å². The SMILES string of the molecule is CCCNC(=O)N(C)CC(=O)N1N=C(c2cccc(OC)c2)CC1c1ccccc1OC. The van der Waals surface area contributed by atoms with Gasteiger partial charge in [0, 0.05) is 31.1 Å². The molecule has 170 valence electrons. The van der Waals surface area contributed by atoms with Gasteiger partial charge in [0.1, 0.15) is 18.0 Å². The van der Waals surface area contributed by atoms with Gasteiger partial charge in [0.15, 0.2) is 0 Å². The van der Waals surface area contributed by atoms with Gasteiger partial charge < -0.3 is 19.7 Å². The van der Waals surface area contributed by atoms with Crippen molar-refractivity contribution in [2.75, 3.05) is 34.4 Å². The Bertz CT molecular complexity index is 991. The standard InChI is InChI=1S/C24H30N4O4/c1-5-13-25-24(30)27(2)16-23(29)28-21(19-11-6-7-12-22(19)32-4)15-20(26-28)17-9-8-10-18(14-17)31-3/h6-12,14,21H,5,13,15-16H2,1-4H3,(H,25,30). The lowest BCUT2D eigenvalue weighted by Gasteiger charge is -2.26. The monoisotopic (exact) mass is 438 g/mol. The van der Waals surface area contributed by atoms with Gasteiger partial charge in [0.2, 0.25) is 0 Å². The number of nitrogens with one attached hydrogen (secondary N) is 1. The topological polar surface area (TPSA) is 83.5 Å². The van der Waals surface area contributed by atoms with Crippen molar-refractivity contribution < 1.29 is 19.1 Å². The molecule has 8 heteroatoms. The number of likely N-dealkylation sites (N-methyl/N-ethyl adjacent to an activating group) is 1. The van der Waals surface area contributed by atoms with Gasteiger partial charge in [-0.15, -0.1) is 0 Å². The molecule has 0 bridgehead atoms. The molecule has 1 aliphatic rings. The van der Waals surface area contributed by atoms with Crippen LogP contribution in [0.2, 0.25) is 0 Å². The largest absolute Gasteiger partial charge is 0.497 e. The molecule has 3 amide bonds. The number of rotatable bonds is 8. The maximum atomic E-state index is 13.2. The molecular formula is C24H30N4O4. The first-order valence-corrected chi connectivity index (χ1v) is 10.6. The van der Waals surface area contributed by atoms with Crippen molar-refractivity contribution in [2.45, 2.75) is 25.8 Å². The molecule has 2 aromatic rings. The minimum absolute atomic E-state index is 0.0872. The highest BCUT2D eigenvalue weighted by Gasteiger charge is 2.35. The number of hydrogen-bond donors (Lipinski definition) is 1. The van der Waals surface area contributed by atoms with Crippen molar-refractivity contribution in [3.05, 3.63) is 59.7 Å². The highest BCUT2D eigenvalue weighted by molar-refractivity contribution is 6.03. The summed E-state index contributed by atoms with van der Waals surface area (Å²) in [4.78, 5) is 26.9. The summed E-state index contributed by atoms with van der Waals surface area (Å²) in [6.45, 7) is 2.45. The maximum absolute atomic E-state index is 13.2. The van der Waals surface area contributed by atoms with Crippen LogP contribution in [0.15, 0.2) is 53.6 Å². The van der Waals surface area contributed by atoms with Crippen molar-refractivity contribution in [3.8, 4) is 11.5 Å². The predicted molar refractivity (Wildman–Crippen MR) is 123 cm³/mol. The number of methoxy groups -OCH3 is 2. The summed E-state index contributed by atoms with van der Waals surface area (Å²) in [5, 5.41) is 8.92. The van der Waals surface area contributed by atoms with Gasteiger partial charge in [-0.1, -0.05) is 37.3 Å². The first kappa shape index (κ1) is 23.1. The third kappa shape index (κ3) is 5.19. The summed E-state index contributed by atoms with van der Waals surface area (Å²) < 4.78 is 10.9. The Hall–Kier alpha value is -3.55. The van der Waals surface area contributed by atoms with Crippen LogP contribution in [0.25, 0.3) is 0 Å². The molecule has 2 aromatic carbocycles. The molecule has 0 saturated carbocycles. The van der Waals surface area contributed by atoms with Crippen molar-refractivity contribution in [3.63, 3.8) is 0 Å². The Morgan fingerprint density at radius 3 is 2.66 bits per heavy atom. The number of ether oxygens (including phenoxy) is 2. The lowest BCUT2D eigenvalue weighted by Crippen LogP contribution is -2.43.